The molecule has 3 rings (SSSR count). The van der Waals surface area contributed by atoms with Gasteiger partial charge in [-0.3, -0.25) is 0 Å². The van der Waals surface area contributed by atoms with Crippen molar-refractivity contribution in [3.8, 4) is 16.9 Å². The van der Waals surface area contributed by atoms with Crippen LogP contribution in [-0.2, 0) is 0 Å². The Bertz CT molecular complexity index is 934. The lowest BCUT2D eigenvalue weighted by molar-refractivity contribution is 0.411. The molecule has 0 amide bonds. The number of aryl methyl sites for hydroxylation is 1. The topological polar surface area (TPSA) is 101 Å². The number of nitrogens with zero attached hydrogens (tertiary/aromatic N) is 2. The van der Waals surface area contributed by atoms with Crippen molar-refractivity contribution in [3.05, 3.63) is 41.8 Å². The molecule has 0 radical (unpaired) electrons. The average molecular weight is 327 g/mol. The van der Waals surface area contributed by atoms with Gasteiger partial charge in [-0.2, -0.15) is 5.10 Å². The summed E-state index contributed by atoms with van der Waals surface area (Å²) in [6.07, 6.45) is 0. The second kappa shape index (κ2) is 6.07. The monoisotopic (exact) mass is 327 g/mol. The summed E-state index contributed by atoms with van der Waals surface area (Å²) in [5.74, 6) is -0.186. The number of methoxy groups -OCH3 is 1. The zero-order valence-corrected chi connectivity index (χ0v) is 13.1. The van der Waals surface area contributed by atoms with Crippen molar-refractivity contribution in [1.82, 2.24) is 10.2 Å². The highest BCUT2D eigenvalue weighted by Crippen LogP contribution is 2.34. The average Bonchev–Trinajstić information content (AvgIpc) is 2.57. The number of nitrogens with two attached hydrogens (primary N) is 1. The fourth-order valence-corrected chi connectivity index (χ4v) is 2.67. The van der Waals surface area contributed by atoms with E-state index in [-0.39, 0.29) is 22.6 Å². The zero-order chi connectivity index (χ0) is 17.4. The molecule has 1 heterocycles. The molecule has 0 fully saturated rings. The summed E-state index contributed by atoms with van der Waals surface area (Å²) < 4.78 is 20.0. The summed E-state index contributed by atoms with van der Waals surface area (Å²) in [4.78, 5) is 0. The van der Waals surface area contributed by atoms with Gasteiger partial charge >= 0.3 is 7.12 Å². The molecule has 0 unspecified atom stereocenters. The van der Waals surface area contributed by atoms with E-state index in [0.717, 1.165) is 5.39 Å². The Hall–Kier alpha value is -2.71. The lowest BCUT2D eigenvalue weighted by Gasteiger charge is -2.14. The van der Waals surface area contributed by atoms with E-state index in [9.17, 15) is 14.4 Å². The van der Waals surface area contributed by atoms with E-state index in [0.29, 0.717) is 16.6 Å². The Morgan fingerprint density at radius 1 is 1.12 bits per heavy atom. The molecule has 0 atom stereocenters. The first-order valence-corrected chi connectivity index (χ1v) is 7.19. The summed E-state index contributed by atoms with van der Waals surface area (Å²) >= 11 is 0. The van der Waals surface area contributed by atoms with E-state index >= 15 is 0 Å². The van der Waals surface area contributed by atoms with E-state index in [4.69, 9.17) is 10.5 Å². The second-order valence-corrected chi connectivity index (χ2v) is 5.35. The van der Waals surface area contributed by atoms with Crippen LogP contribution in [0.1, 0.15) is 5.69 Å². The van der Waals surface area contributed by atoms with E-state index in [1.807, 2.05) is 0 Å². The Morgan fingerprint density at radius 2 is 1.88 bits per heavy atom. The molecular formula is C16H15BFN3O3. The molecule has 122 valence electrons. The lowest BCUT2D eigenvalue weighted by atomic mass is 9.78. The molecule has 6 nitrogen and oxygen atoms in total. The number of hydrogen-bond donors (Lipinski definition) is 3. The number of halogens is 1. The normalized spacial score (nSPS) is 10.9. The first-order chi connectivity index (χ1) is 11.4. The second-order valence-electron chi connectivity index (χ2n) is 5.35. The predicted molar refractivity (Wildman–Crippen MR) is 90.5 cm³/mol. The summed E-state index contributed by atoms with van der Waals surface area (Å²) in [6, 6.07) is 7.89. The van der Waals surface area contributed by atoms with Gasteiger partial charge in [0.15, 0.2) is 5.82 Å². The van der Waals surface area contributed by atoms with Crippen LogP contribution in [0.3, 0.4) is 0 Å². The predicted octanol–water partition coefficient (Wildman–Crippen LogP) is 1.01. The Kier molecular flexibility index (Phi) is 4.08. The van der Waals surface area contributed by atoms with Crippen LogP contribution in [0.2, 0.25) is 0 Å². The number of hydrogen-bond acceptors (Lipinski definition) is 6. The molecule has 0 aliphatic rings. The number of aromatic nitrogens is 2. The van der Waals surface area contributed by atoms with Crippen LogP contribution in [0.4, 0.5) is 10.2 Å². The maximum atomic E-state index is 14.8. The van der Waals surface area contributed by atoms with Crippen LogP contribution in [0.5, 0.6) is 5.75 Å². The number of nitrogen functional groups attached to an aromatic ring is 1. The number of fused-ring (bicyclic) bond motifs is 1. The fourth-order valence-electron chi connectivity index (χ4n) is 2.67. The van der Waals surface area contributed by atoms with Crippen LogP contribution in [0, 0.1) is 12.7 Å². The van der Waals surface area contributed by atoms with Crippen LogP contribution in [-0.4, -0.2) is 34.5 Å². The third-order valence-corrected chi connectivity index (χ3v) is 3.91. The van der Waals surface area contributed by atoms with E-state index in [1.165, 1.54) is 19.2 Å². The van der Waals surface area contributed by atoms with Gasteiger partial charge in [-0.25, -0.2) is 4.39 Å². The van der Waals surface area contributed by atoms with Gasteiger partial charge in [0.05, 0.1) is 18.4 Å². The number of ether oxygens (including phenoxy) is 1. The van der Waals surface area contributed by atoms with Crippen LogP contribution in [0.25, 0.3) is 21.9 Å². The van der Waals surface area contributed by atoms with Crippen LogP contribution in [0.15, 0.2) is 30.3 Å². The molecule has 1 aromatic heterocycles. The van der Waals surface area contributed by atoms with Crippen molar-refractivity contribution in [2.24, 2.45) is 0 Å². The molecule has 2 aromatic carbocycles. The molecule has 24 heavy (non-hydrogen) atoms. The summed E-state index contributed by atoms with van der Waals surface area (Å²) in [5.41, 5.74) is 6.90. The van der Waals surface area contributed by atoms with Gasteiger partial charge < -0.3 is 20.5 Å². The molecule has 0 saturated carbocycles. The highest BCUT2D eigenvalue weighted by molar-refractivity contribution is 6.58. The number of anilines is 1. The molecule has 0 aliphatic carbocycles. The van der Waals surface area contributed by atoms with Gasteiger partial charge in [0.1, 0.15) is 11.6 Å². The molecule has 4 N–H and O–H groups in total. The van der Waals surface area contributed by atoms with Crippen molar-refractivity contribution in [2.45, 2.75) is 6.92 Å². The molecule has 0 bridgehead atoms. The Morgan fingerprint density at radius 3 is 2.54 bits per heavy atom. The lowest BCUT2D eigenvalue weighted by Crippen LogP contribution is -2.33. The molecule has 0 aliphatic heterocycles. The molecule has 0 saturated heterocycles. The smallest absolute Gasteiger partial charge is 0.491 e. The van der Waals surface area contributed by atoms with Gasteiger partial charge in [-0.1, -0.05) is 12.1 Å². The van der Waals surface area contributed by atoms with Gasteiger partial charge in [-0.15, -0.1) is 5.10 Å². The minimum Gasteiger partial charge on any atom is -0.496 e. The van der Waals surface area contributed by atoms with E-state index < -0.39 is 12.9 Å². The largest absolute Gasteiger partial charge is 0.496 e. The van der Waals surface area contributed by atoms with E-state index in [2.05, 4.69) is 10.2 Å². The highest BCUT2D eigenvalue weighted by Gasteiger charge is 2.23. The third kappa shape index (κ3) is 2.55. The first kappa shape index (κ1) is 16.2. The highest BCUT2D eigenvalue weighted by atomic mass is 19.1. The summed E-state index contributed by atoms with van der Waals surface area (Å²) in [6.45, 7) is 1.78. The van der Waals surface area contributed by atoms with Gasteiger partial charge in [0, 0.05) is 16.2 Å². The summed E-state index contributed by atoms with van der Waals surface area (Å²) in [5, 5.41) is 27.9. The third-order valence-electron chi connectivity index (χ3n) is 3.91. The minimum atomic E-state index is -1.92. The van der Waals surface area contributed by atoms with Gasteiger partial charge in [0.25, 0.3) is 0 Å². The van der Waals surface area contributed by atoms with Gasteiger partial charge in [-0.05, 0) is 30.7 Å². The van der Waals surface area contributed by atoms with Crippen molar-refractivity contribution >= 4 is 29.2 Å². The molecule has 0 spiro atoms. The van der Waals surface area contributed by atoms with Crippen molar-refractivity contribution < 1.29 is 19.2 Å². The fraction of sp³-hybridized carbons (Fsp3) is 0.125. The number of rotatable bonds is 3. The molecule has 3 aromatic rings. The van der Waals surface area contributed by atoms with E-state index in [1.54, 1.807) is 25.1 Å². The molecule has 8 heteroatoms. The quantitative estimate of drug-likeness (QED) is 0.621. The van der Waals surface area contributed by atoms with Crippen LogP contribution >= 0.6 is 0 Å². The molecular weight excluding hydrogens is 312 g/mol. The number of benzene rings is 2. The summed E-state index contributed by atoms with van der Waals surface area (Å²) in [7, 11) is -0.498. The maximum Gasteiger partial charge on any atom is 0.491 e. The zero-order valence-electron chi connectivity index (χ0n) is 13.1. The SMILES string of the molecule is COc1ccc(B(O)O)c(F)c1-c1ccc2c(N)nnc(C)c2c1. The van der Waals surface area contributed by atoms with Gasteiger partial charge in [0.2, 0.25) is 0 Å². The standard InChI is InChI=1S/C16H15BFN3O3/c1-8-11-7-9(3-4-10(11)16(19)21-20-8)14-13(24-2)6-5-12(15(14)18)17(22)23/h3-7,22-23H,1-2H3,(H2,19,21). The first-order valence-electron chi connectivity index (χ1n) is 7.19. The maximum absolute atomic E-state index is 14.8. The Balaban J connectivity index is 2.31. The van der Waals surface area contributed by atoms with Crippen molar-refractivity contribution in [1.29, 1.82) is 0 Å². The van der Waals surface area contributed by atoms with Crippen molar-refractivity contribution in [2.75, 3.05) is 12.8 Å². The van der Waals surface area contributed by atoms with Crippen LogP contribution < -0.4 is 15.9 Å². The minimum absolute atomic E-state index is 0.139. The Labute approximate surface area is 137 Å². The van der Waals surface area contributed by atoms with Crippen molar-refractivity contribution in [3.63, 3.8) is 0 Å².